The zero-order valence-corrected chi connectivity index (χ0v) is 18.6. The summed E-state index contributed by atoms with van der Waals surface area (Å²) in [5.74, 6) is -0.184. The first-order chi connectivity index (χ1) is 16.1. The highest BCUT2D eigenvalue weighted by atomic mass is 16.1. The molecule has 3 nitrogen and oxygen atoms in total. The number of carbonyl (C=O) groups excluding carboxylic acids is 2. The first-order valence-electron chi connectivity index (χ1n) is 10.9. The van der Waals surface area contributed by atoms with Crippen LogP contribution in [-0.4, -0.2) is 16.1 Å². The standard InChI is InChI=1S/C30H23NO2/c1-20-27-25(30(33)23-16-10-5-11-17-23)18-24(29(32)22-14-8-4-9-15-22)19-26(27)31(2)28(20)21-12-6-3-7-13-21/h3-19H,1-2H3. The Balaban J connectivity index is 1.80. The predicted octanol–water partition coefficient (Wildman–Crippen LogP) is 6.62. The molecule has 3 heteroatoms. The van der Waals surface area contributed by atoms with Gasteiger partial charge in [0.2, 0.25) is 0 Å². The normalized spacial score (nSPS) is 11.0. The second-order valence-corrected chi connectivity index (χ2v) is 8.21. The van der Waals surface area contributed by atoms with Crippen molar-refractivity contribution in [3.63, 3.8) is 0 Å². The third-order valence-corrected chi connectivity index (χ3v) is 6.17. The molecule has 0 saturated carbocycles. The lowest BCUT2D eigenvalue weighted by atomic mass is 9.93. The van der Waals surface area contributed by atoms with Gasteiger partial charge in [-0.05, 0) is 30.2 Å². The van der Waals surface area contributed by atoms with Crippen LogP contribution in [0, 0.1) is 6.92 Å². The maximum absolute atomic E-state index is 13.7. The van der Waals surface area contributed by atoms with E-state index in [0.717, 1.165) is 27.7 Å². The number of rotatable bonds is 5. The van der Waals surface area contributed by atoms with E-state index in [9.17, 15) is 9.59 Å². The Kier molecular flexibility index (Phi) is 5.23. The Bertz CT molecular complexity index is 1480. The average molecular weight is 430 g/mol. The molecule has 0 saturated heterocycles. The summed E-state index contributed by atoms with van der Waals surface area (Å²) in [6.45, 7) is 2.05. The Hall–Kier alpha value is -4.24. The van der Waals surface area contributed by atoms with Crippen molar-refractivity contribution in [1.82, 2.24) is 4.57 Å². The number of benzene rings is 4. The summed E-state index contributed by atoms with van der Waals surface area (Å²) in [5.41, 5.74) is 6.27. The minimum Gasteiger partial charge on any atom is -0.343 e. The van der Waals surface area contributed by atoms with Crippen LogP contribution in [0.3, 0.4) is 0 Å². The highest BCUT2D eigenvalue weighted by molar-refractivity contribution is 6.20. The summed E-state index contributed by atoms with van der Waals surface area (Å²) in [5, 5.41) is 0.884. The molecule has 4 aromatic carbocycles. The van der Waals surface area contributed by atoms with Gasteiger partial charge in [-0.3, -0.25) is 9.59 Å². The van der Waals surface area contributed by atoms with E-state index in [4.69, 9.17) is 0 Å². The van der Waals surface area contributed by atoms with Gasteiger partial charge in [0, 0.05) is 40.2 Å². The van der Waals surface area contributed by atoms with Crippen molar-refractivity contribution in [2.45, 2.75) is 6.92 Å². The molecule has 0 aliphatic rings. The third-order valence-electron chi connectivity index (χ3n) is 6.17. The van der Waals surface area contributed by atoms with Gasteiger partial charge in [0.15, 0.2) is 11.6 Å². The fourth-order valence-corrected chi connectivity index (χ4v) is 4.59. The van der Waals surface area contributed by atoms with E-state index >= 15 is 0 Å². The van der Waals surface area contributed by atoms with Crippen LogP contribution in [-0.2, 0) is 7.05 Å². The smallest absolute Gasteiger partial charge is 0.193 e. The Morgan fingerprint density at radius 2 is 1.15 bits per heavy atom. The lowest BCUT2D eigenvalue weighted by molar-refractivity contribution is 0.103. The molecule has 0 atom stereocenters. The molecule has 160 valence electrons. The van der Waals surface area contributed by atoms with Gasteiger partial charge in [-0.25, -0.2) is 0 Å². The summed E-state index contributed by atoms with van der Waals surface area (Å²) in [6.07, 6.45) is 0. The molecule has 0 bridgehead atoms. The highest BCUT2D eigenvalue weighted by Gasteiger charge is 2.23. The van der Waals surface area contributed by atoms with Crippen LogP contribution in [0.1, 0.15) is 37.4 Å². The lowest BCUT2D eigenvalue weighted by Gasteiger charge is -2.09. The second kappa shape index (κ2) is 8.36. The largest absolute Gasteiger partial charge is 0.343 e. The molecule has 0 unspecified atom stereocenters. The summed E-state index contributed by atoms with van der Waals surface area (Å²) in [4.78, 5) is 27.0. The van der Waals surface area contributed by atoms with E-state index in [1.165, 1.54) is 0 Å². The number of fused-ring (bicyclic) bond motifs is 1. The van der Waals surface area contributed by atoms with Gasteiger partial charge in [-0.15, -0.1) is 0 Å². The maximum Gasteiger partial charge on any atom is 0.193 e. The zero-order chi connectivity index (χ0) is 22.9. The number of carbonyl (C=O) groups is 2. The molecular formula is C30H23NO2. The highest BCUT2D eigenvalue weighted by Crippen LogP contribution is 2.36. The van der Waals surface area contributed by atoms with Crippen LogP contribution in [0.25, 0.3) is 22.2 Å². The van der Waals surface area contributed by atoms with Crippen LogP contribution in [0.2, 0.25) is 0 Å². The van der Waals surface area contributed by atoms with Crippen LogP contribution < -0.4 is 0 Å². The Morgan fingerprint density at radius 1 is 0.636 bits per heavy atom. The van der Waals surface area contributed by atoms with E-state index in [1.807, 2.05) is 86.8 Å². The van der Waals surface area contributed by atoms with Crippen molar-refractivity contribution < 1.29 is 9.59 Å². The van der Waals surface area contributed by atoms with Crippen molar-refractivity contribution in [2.24, 2.45) is 7.05 Å². The third kappa shape index (κ3) is 3.58. The fraction of sp³-hybridized carbons (Fsp3) is 0.0667. The van der Waals surface area contributed by atoms with Crippen LogP contribution in [0.5, 0.6) is 0 Å². The SMILES string of the molecule is Cc1c(-c2ccccc2)n(C)c2cc(C(=O)c3ccccc3)cc(C(=O)c3ccccc3)c12. The first-order valence-corrected chi connectivity index (χ1v) is 10.9. The van der Waals surface area contributed by atoms with Gasteiger partial charge in [-0.2, -0.15) is 0 Å². The van der Waals surface area contributed by atoms with Gasteiger partial charge in [0.25, 0.3) is 0 Å². The molecule has 0 N–H and O–H groups in total. The summed E-state index contributed by atoms with van der Waals surface area (Å²) >= 11 is 0. The Labute approximate surface area is 192 Å². The number of hydrogen-bond acceptors (Lipinski definition) is 2. The number of ketones is 2. The molecule has 1 heterocycles. The van der Waals surface area contributed by atoms with Gasteiger partial charge in [0.1, 0.15) is 0 Å². The minimum absolute atomic E-state index is 0.0865. The molecule has 5 aromatic rings. The van der Waals surface area contributed by atoms with E-state index in [2.05, 4.69) is 16.7 Å². The van der Waals surface area contributed by atoms with Crippen molar-refractivity contribution in [3.8, 4) is 11.3 Å². The summed E-state index contributed by atoms with van der Waals surface area (Å²) in [6, 6.07) is 32.2. The van der Waals surface area contributed by atoms with Crippen molar-refractivity contribution >= 4 is 22.5 Å². The summed E-state index contributed by atoms with van der Waals surface area (Å²) in [7, 11) is 1.99. The molecule has 33 heavy (non-hydrogen) atoms. The van der Waals surface area contributed by atoms with E-state index < -0.39 is 0 Å². The molecule has 0 aliphatic carbocycles. The number of aryl methyl sites for hydroxylation is 2. The molecule has 0 fully saturated rings. The van der Waals surface area contributed by atoms with Gasteiger partial charge in [-0.1, -0.05) is 91.0 Å². The van der Waals surface area contributed by atoms with Crippen LogP contribution >= 0.6 is 0 Å². The average Bonchev–Trinajstić information content (AvgIpc) is 3.13. The molecule has 1 aromatic heterocycles. The molecule has 0 radical (unpaired) electrons. The molecular weight excluding hydrogens is 406 g/mol. The Morgan fingerprint density at radius 3 is 1.73 bits per heavy atom. The summed E-state index contributed by atoms with van der Waals surface area (Å²) < 4.78 is 2.09. The number of hydrogen-bond donors (Lipinski definition) is 0. The van der Waals surface area contributed by atoms with Crippen LogP contribution in [0.4, 0.5) is 0 Å². The number of nitrogens with zero attached hydrogens (tertiary/aromatic N) is 1. The number of aromatic nitrogens is 1. The van der Waals surface area contributed by atoms with Gasteiger partial charge in [0.05, 0.1) is 5.69 Å². The molecule has 0 spiro atoms. The monoisotopic (exact) mass is 429 g/mol. The predicted molar refractivity (Wildman–Crippen MR) is 133 cm³/mol. The van der Waals surface area contributed by atoms with Gasteiger partial charge >= 0.3 is 0 Å². The van der Waals surface area contributed by atoms with Crippen LogP contribution in [0.15, 0.2) is 103 Å². The van der Waals surface area contributed by atoms with Crippen molar-refractivity contribution in [2.75, 3.05) is 0 Å². The minimum atomic E-state index is -0.0975. The maximum atomic E-state index is 13.7. The molecule has 0 aliphatic heterocycles. The molecule has 5 rings (SSSR count). The van der Waals surface area contributed by atoms with E-state index in [0.29, 0.717) is 22.3 Å². The quantitative estimate of drug-likeness (QED) is 0.295. The molecule has 0 amide bonds. The fourth-order valence-electron chi connectivity index (χ4n) is 4.59. The zero-order valence-electron chi connectivity index (χ0n) is 18.6. The lowest BCUT2D eigenvalue weighted by Crippen LogP contribution is -2.07. The first kappa shape index (κ1) is 20.7. The second-order valence-electron chi connectivity index (χ2n) is 8.21. The van der Waals surface area contributed by atoms with E-state index in [-0.39, 0.29) is 11.6 Å². The van der Waals surface area contributed by atoms with Gasteiger partial charge < -0.3 is 4.57 Å². The van der Waals surface area contributed by atoms with Crippen molar-refractivity contribution in [1.29, 1.82) is 0 Å². The topological polar surface area (TPSA) is 39.1 Å². The van der Waals surface area contributed by atoms with Crippen molar-refractivity contribution in [3.05, 3.63) is 131 Å². The van der Waals surface area contributed by atoms with E-state index in [1.54, 1.807) is 18.2 Å².